The number of rotatable bonds is 3. The maximum Gasteiger partial charge on any atom is 0.247 e. The second-order valence-corrected chi connectivity index (χ2v) is 8.74. The van der Waals surface area contributed by atoms with Gasteiger partial charge in [-0.25, -0.2) is 0 Å². The van der Waals surface area contributed by atoms with E-state index in [2.05, 4.69) is 17.5 Å². The van der Waals surface area contributed by atoms with Crippen molar-refractivity contribution in [1.29, 1.82) is 0 Å². The van der Waals surface area contributed by atoms with Gasteiger partial charge in [0.1, 0.15) is 6.04 Å². The molecule has 0 unspecified atom stereocenters. The van der Waals surface area contributed by atoms with Crippen molar-refractivity contribution in [3.05, 3.63) is 41.5 Å². The first kappa shape index (κ1) is 16.7. The maximum absolute atomic E-state index is 13.1. The lowest BCUT2D eigenvalue weighted by molar-refractivity contribution is -0.146. The lowest BCUT2D eigenvalue weighted by atomic mass is 9.63. The maximum atomic E-state index is 13.1. The second kappa shape index (κ2) is 5.54. The van der Waals surface area contributed by atoms with E-state index in [0.717, 1.165) is 17.5 Å². The fourth-order valence-corrected chi connectivity index (χ4v) is 5.77. The predicted octanol–water partition coefficient (Wildman–Crippen LogP) is 2.68. The van der Waals surface area contributed by atoms with Gasteiger partial charge >= 0.3 is 0 Å². The van der Waals surface area contributed by atoms with E-state index < -0.39 is 6.04 Å². The van der Waals surface area contributed by atoms with E-state index in [-0.39, 0.29) is 41.4 Å². The molecular formula is C22H24N2O3. The quantitative estimate of drug-likeness (QED) is 0.662. The minimum atomic E-state index is -0.799. The zero-order valence-electron chi connectivity index (χ0n) is 15.8. The Bertz CT molecular complexity index is 849. The molecule has 4 aliphatic carbocycles. The Kier molecular flexibility index (Phi) is 3.43. The summed E-state index contributed by atoms with van der Waals surface area (Å²) in [7, 11) is 0. The first-order chi connectivity index (χ1) is 12.9. The molecule has 2 bridgehead atoms. The molecule has 1 aromatic rings. The molecule has 6 rings (SSSR count). The van der Waals surface area contributed by atoms with Crippen molar-refractivity contribution in [2.24, 2.45) is 35.5 Å². The molecule has 7 atom stereocenters. The number of carbonyl (C=O) groups excluding carboxylic acids is 3. The first-order valence-electron chi connectivity index (χ1n) is 9.81. The van der Waals surface area contributed by atoms with Gasteiger partial charge in [0.15, 0.2) is 0 Å². The van der Waals surface area contributed by atoms with Crippen molar-refractivity contribution in [3.8, 4) is 0 Å². The van der Waals surface area contributed by atoms with E-state index >= 15 is 0 Å². The standard InChI is InChI=1S/C22H24N2O3/c1-10-6-11(2)8-13(7-10)23-20(25)12(3)24-21(26)18-14-4-5-15(17-9-16(14)17)19(18)22(24)27/h4-8,12,14-19H,9H2,1-3H3,(H,23,25)/t12-,14+,15+,16+,17+,18-,19+/m0/s1. The molecule has 5 aliphatic rings. The van der Waals surface area contributed by atoms with Crippen LogP contribution in [0.5, 0.6) is 0 Å². The van der Waals surface area contributed by atoms with E-state index in [9.17, 15) is 14.4 Å². The third-order valence-corrected chi connectivity index (χ3v) is 6.95. The number of amides is 3. The van der Waals surface area contributed by atoms with Crippen molar-refractivity contribution < 1.29 is 14.4 Å². The lowest BCUT2D eigenvalue weighted by Gasteiger charge is -2.37. The summed E-state index contributed by atoms with van der Waals surface area (Å²) in [6, 6.07) is 5.02. The van der Waals surface area contributed by atoms with Gasteiger partial charge in [0, 0.05) is 5.69 Å². The number of nitrogens with one attached hydrogen (secondary N) is 1. The van der Waals surface area contributed by atoms with Crippen molar-refractivity contribution in [1.82, 2.24) is 4.90 Å². The molecule has 1 heterocycles. The number of hydrogen-bond donors (Lipinski definition) is 1. The summed E-state index contributed by atoms with van der Waals surface area (Å²) in [5, 5.41) is 2.88. The van der Waals surface area contributed by atoms with Crippen molar-refractivity contribution in [2.45, 2.75) is 33.2 Å². The fraction of sp³-hybridized carbons (Fsp3) is 0.500. The highest BCUT2D eigenvalue weighted by molar-refractivity contribution is 6.10. The van der Waals surface area contributed by atoms with Crippen LogP contribution in [0.4, 0.5) is 5.69 Å². The van der Waals surface area contributed by atoms with Gasteiger partial charge in [-0.2, -0.15) is 0 Å². The molecular weight excluding hydrogens is 340 g/mol. The summed E-state index contributed by atoms with van der Waals surface area (Å²) in [5.41, 5.74) is 2.81. The van der Waals surface area contributed by atoms with Crippen molar-refractivity contribution >= 4 is 23.4 Å². The number of hydrogen-bond acceptors (Lipinski definition) is 3. The van der Waals surface area contributed by atoms with Crippen LogP contribution in [-0.2, 0) is 14.4 Å². The number of anilines is 1. The van der Waals surface area contributed by atoms with Crippen LogP contribution in [0.1, 0.15) is 24.5 Å². The highest BCUT2D eigenvalue weighted by Gasteiger charge is 2.67. The molecule has 0 aromatic heterocycles. The van der Waals surface area contributed by atoms with E-state index in [1.807, 2.05) is 32.0 Å². The van der Waals surface area contributed by atoms with Crippen LogP contribution in [0.15, 0.2) is 30.4 Å². The highest BCUT2D eigenvalue weighted by atomic mass is 16.2. The number of aryl methyl sites for hydroxylation is 2. The molecule has 2 saturated carbocycles. The molecule has 5 heteroatoms. The number of likely N-dealkylation sites (tertiary alicyclic amines) is 1. The van der Waals surface area contributed by atoms with Gasteiger partial charge in [-0.1, -0.05) is 18.2 Å². The van der Waals surface area contributed by atoms with E-state index in [1.54, 1.807) is 6.92 Å². The summed E-state index contributed by atoms with van der Waals surface area (Å²) in [6.07, 6.45) is 5.43. The van der Waals surface area contributed by atoms with Gasteiger partial charge in [0.05, 0.1) is 11.8 Å². The number of carbonyl (C=O) groups is 3. The Balaban J connectivity index is 1.38. The van der Waals surface area contributed by atoms with Crippen LogP contribution < -0.4 is 5.32 Å². The highest BCUT2D eigenvalue weighted by Crippen LogP contribution is 2.65. The smallest absolute Gasteiger partial charge is 0.247 e. The van der Waals surface area contributed by atoms with Gasteiger partial charge in [-0.05, 0) is 74.1 Å². The molecule has 1 N–H and O–H groups in total. The minimum Gasteiger partial charge on any atom is -0.324 e. The Morgan fingerprint density at radius 1 is 1.00 bits per heavy atom. The SMILES string of the molecule is Cc1cc(C)cc(NC(=O)[C@H](C)N2C(=O)[C@@H]3[C@@H]4C=C[C@H]([C@H]5C[C@H]45)[C@@H]3C2=O)c1. The molecule has 140 valence electrons. The fourth-order valence-electron chi connectivity index (χ4n) is 5.77. The average Bonchev–Trinajstić information content (AvgIpc) is 3.38. The first-order valence-corrected chi connectivity index (χ1v) is 9.81. The molecule has 3 fully saturated rings. The largest absolute Gasteiger partial charge is 0.324 e. The summed E-state index contributed by atoms with van der Waals surface area (Å²) < 4.78 is 0. The molecule has 0 spiro atoms. The third kappa shape index (κ3) is 2.33. The Labute approximate surface area is 158 Å². The van der Waals surface area contributed by atoms with Gasteiger partial charge in [-0.15, -0.1) is 0 Å². The summed E-state index contributed by atoms with van der Waals surface area (Å²) in [6.45, 7) is 5.60. The Morgan fingerprint density at radius 3 is 2.04 bits per heavy atom. The summed E-state index contributed by atoms with van der Waals surface area (Å²) in [5.74, 6) is 0.360. The molecule has 1 aromatic carbocycles. The number of imide groups is 1. The molecule has 5 nitrogen and oxygen atoms in total. The predicted molar refractivity (Wildman–Crippen MR) is 101 cm³/mol. The Hall–Kier alpha value is -2.43. The Morgan fingerprint density at radius 2 is 1.52 bits per heavy atom. The zero-order chi connectivity index (χ0) is 19.0. The number of allylic oxidation sites excluding steroid dienone is 2. The van der Waals surface area contributed by atoms with Gasteiger partial charge in [0.2, 0.25) is 17.7 Å². The van der Waals surface area contributed by atoms with E-state index in [0.29, 0.717) is 17.5 Å². The zero-order valence-corrected chi connectivity index (χ0v) is 15.8. The minimum absolute atomic E-state index is 0.155. The number of benzene rings is 1. The molecule has 3 amide bonds. The van der Waals surface area contributed by atoms with Crippen LogP contribution in [0.2, 0.25) is 0 Å². The molecule has 1 saturated heterocycles. The van der Waals surface area contributed by atoms with E-state index in [1.165, 1.54) is 4.90 Å². The third-order valence-electron chi connectivity index (χ3n) is 6.95. The van der Waals surface area contributed by atoms with Gasteiger partial charge in [-0.3, -0.25) is 19.3 Å². The second-order valence-electron chi connectivity index (χ2n) is 8.74. The molecule has 27 heavy (non-hydrogen) atoms. The lowest BCUT2D eigenvalue weighted by Crippen LogP contribution is -2.46. The van der Waals surface area contributed by atoms with Crippen LogP contribution in [-0.4, -0.2) is 28.7 Å². The monoisotopic (exact) mass is 364 g/mol. The number of nitrogens with zero attached hydrogens (tertiary/aromatic N) is 1. The van der Waals surface area contributed by atoms with Crippen molar-refractivity contribution in [2.75, 3.05) is 5.32 Å². The van der Waals surface area contributed by atoms with E-state index in [4.69, 9.17) is 0 Å². The van der Waals surface area contributed by atoms with Crippen LogP contribution in [0, 0.1) is 49.4 Å². The average molecular weight is 364 g/mol. The van der Waals surface area contributed by atoms with Crippen LogP contribution in [0.3, 0.4) is 0 Å². The van der Waals surface area contributed by atoms with Crippen molar-refractivity contribution in [3.63, 3.8) is 0 Å². The van der Waals surface area contributed by atoms with Gasteiger partial charge in [0.25, 0.3) is 0 Å². The van der Waals surface area contributed by atoms with Crippen LogP contribution in [0.25, 0.3) is 0 Å². The van der Waals surface area contributed by atoms with Crippen LogP contribution >= 0.6 is 0 Å². The normalized spacial score (nSPS) is 36.5. The molecule has 0 radical (unpaired) electrons. The summed E-state index contributed by atoms with van der Waals surface area (Å²) in [4.78, 5) is 40.2. The summed E-state index contributed by atoms with van der Waals surface area (Å²) >= 11 is 0. The molecule has 1 aliphatic heterocycles. The topological polar surface area (TPSA) is 66.5 Å². The van der Waals surface area contributed by atoms with Gasteiger partial charge < -0.3 is 5.32 Å².